The second-order valence-corrected chi connectivity index (χ2v) is 4.92. The Morgan fingerprint density at radius 1 is 1.29 bits per heavy atom. The maximum Gasteiger partial charge on any atom is 0.159 e. The van der Waals surface area contributed by atoms with Crippen LogP contribution in [0.25, 0.3) is 0 Å². The van der Waals surface area contributed by atoms with Crippen LogP contribution in [0.1, 0.15) is 37.3 Å². The van der Waals surface area contributed by atoms with Gasteiger partial charge in [-0.25, -0.2) is 0 Å². The molecule has 0 bridgehead atoms. The normalized spacial score (nSPS) is 24.6. The van der Waals surface area contributed by atoms with Crippen molar-refractivity contribution >= 4 is 0 Å². The molecule has 0 saturated carbocycles. The average molecular weight is 236 g/mol. The number of ether oxygens (including phenoxy) is 1. The number of fused-ring (bicyclic) bond motifs is 1. The quantitative estimate of drug-likeness (QED) is 0.846. The van der Waals surface area contributed by atoms with Crippen LogP contribution in [0.2, 0.25) is 0 Å². The summed E-state index contributed by atoms with van der Waals surface area (Å²) >= 11 is 0. The largest absolute Gasteiger partial charge is 0.369 e. The van der Waals surface area contributed by atoms with Crippen molar-refractivity contribution in [3.63, 3.8) is 0 Å². The molecule has 1 saturated heterocycles. The zero-order valence-electron chi connectivity index (χ0n) is 10.2. The Balaban J connectivity index is 1.59. The molecule has 1 unspecified atom stereocenters. The molecule has 0 aliphatic carbocycles. The molecule has 94 valence electrons. The van der Waals surface area contributed by atoms with Gasteiger partial charge in [-0.15, -0.1) is 10.2 Å². The maximum absolute atomic E-state index is 5.91. The Kier molecular flexibility index (Phi) is 3.38. The predicted molar refractivity (Wildman–Crippen MR) is 63.6 cm³/mol. The molecule has 1 aromatic rings. The topological polar surface area (TPSA) is 52.0 Å². The van der Waals surface area contributed by atoms with E-state index in [0.717, 1.165) is 44.1 Å². The Labute approximate surface area is 102 Å². The van der Waals surface area contributed by atoms with Gasteiger partial charge in [0.1, 0.15) is 12.4 Å². The molecule has 1 N–H and O–H groups in total. The highest BCUT2D eigenvalue weighted by molar-refractivity contribution is 4.97. The van der Waals surface area contributed by atoms with Crippen LogP contribution in [-0.4, -0.2) is 34.0 Å². The van der Waals surface area contributed by atoms with Crippen LogP contribution in [0.15, 0.2) is 0 Å². The molecule has 3 heterocycles. The van der Waals surface area contributed by atoms with Crippen molar-refractivity contribution in [2.45, 2.75) is 51.4 Å². The van der Waals surface area contributed by atoms with Crippen molar-refractivity contribution in [1.29, 1.82) is 0 Å². The van der Waals surface area contributed by atoms with E-state index in [1.807, 2.05) is 0 Å². The zero-order valence-corrected chi connectivity index (χ0v) is 10.2. The summed E-state index contributed by atoms with van der Waals surface area (Å²) in [5.74, 6) is 2.14. The Hall–Kier alpha value is -0.940. The molecular weight excluding hydrogens is 216 g/mol. The first-order valence-electron chi connectivity index (χ1n) is 6.67. The summed E-state index contributed by atoms with van der Waals surface area (Å²) in [5, 5.41) is 11.8. The predicted octanol–water partition coefficient (Wildman–Crippen LogP) is 0.883. The third-order valence-corrected chi connectivity index (χ3v) is 3.64. The number of rotatable bonds is 3. The summed E-state index contributed by atoms with van der Waals surface area (Å²) in [6, 6.07) is 0. The third-order valence-electron chi connectivity index (χ3n) is 3.64. The molecule has 5 nitrogen and oxygen atoms in total. The molecule has 1 atom stereocenters. The number of hydrogen-bond donors (Lipinski definition) is 1. The van der Waals surface area contributed by atoms with Gasteiger partial charge in [-0.3, -0.25) is 0 Å². The van der Waals surface area contributed by atoms with Gasteiger partial charge in [0.25, 0.3) is 0 Å². The lowest BCUT2D eigenvalue weighted by Gasteiger charge is -2.23. The number of hydrogen-bond acceptors (Lipinski definition) is 4. The van der Waals surface area contributed by atoms with Gasteiger partial charge >= 0.3 is 0 Å². The van der Waals surface area contributed by atoms with Gasteiger partial charge in [0.2, 0.25) is 0 Å². The monoisotopic (exact) mass is 236 g/mol. The molecule has 0 radical (unpaired) electrons. The van der Waals surface area contributed by atoms with Crippen molar-refractivity contribution in [3.05, 3.63) is 11.6 Å². The molecule has 3 rings (SSSR count). The Bertz CT molecular complexity index is 371. The minimum absolute atomic E-state index is 0.347. The highest BCUT2D eigenvalue weighted by Crippen LogP contribution is 2.16. The summed E-state index contributed by atoms with van der Waals surface area (Å²) in [6.45, 7) is 3.77. The summed E-state index contributed by atoms with van der Waals surface area (Å²) in [7, 11) is 0. The lowest BCUT2D eigenvalue weighted by molar-refractivity contribution is 0.0201. The van der Waals surface area contributed by atoms with Crippen LogP contribution >= 0.6 is 0 Å². The molecule has 17 heavy (non-hydrogen) atoms. The van der Waals surface area contributed by atoms with Crippen LogP contribution in [0.4, 0.5) is 0 Å². The van der Waals surface area contributed by atoms with E-state index in [1.165, 1.54) is 19.3 Å². The molecule has 2 aliphatic rings. The van der Waals surface area contributed by atoms with E-state index in [0.29, 0.717) is 12.7 Å². The molecule has 1 fully saturated rings. The zero-order chi connectivity index (χ0) is 11.5. The summed E-state index contributed by atoms with van der Waals surface area (Å²) in [4.78, 5) is 0. The van der Waals surface area contributed by atoms with Gasteiger partial charge in [0.05, 0.1) is 6.10 Å². The first kappa shape index (κ1) is 11.2. The fourth-order valence-electron chi connectivity index (χ4n) is 2.63. The highest BCUT2D eigenvalue weighted by atomic mass is 16.5. The molecule has 1 aromatic heterocycles. The average Bonchev–Trinajstić information content (AvgIpc) is 2.81. The highest BCUT2D eigenvalue weighted by Gasteiger charge is 2.18. The van der Waals surface area contributed by atoms with E-state index < -0.39 is 0 Å². The number of aromatic nitrogens is 3. The van der Waals surface area contributed by atoms with E-state index in [1.54, 1.807) is 0 Å². The second-order valence-electron chi connectivity index (χ2n) is 4.92. The second kappa shape index (κ2) is 5.14. The fraction of sp³-hybridized carbons (Fsp3) is 0.833. The van der Waals surface area contributed by atoms with E-state index in [4.69, 9.17) is 4.74 Å². The number of aryl methyl sites for hydroxylation is 1. The van der Waals surface area contributed by atoms with Crippen molar-refractivity contribution in [3.8, 4) is 0 Å². The summed E-state index contributed by atoms with van der Waals surface area (Å²) in [6.07, 6.45) is 6.27. The van der Waals surface area contributed by atoms with Crippen molar-refractivity contribution in [1.82, 2.24) is 20.1 Å². The fourth-order valence-corrected chi connectivity index (χ4v) is 2.63. The van der Waals surface area contributed by atoms with Crippen LogP contribution in [0.3, 0.4) is 0 Å². The Morgan fingerprint density at radius 2 is 2.29 bits per heavy atom. The van der Waals surface area contributed by atoms with Gasteiger partial charge in [-0.05, 0) is 32.2 Å². The minimum atomic E-state index is 0.347. The molecular formula is C12H20N4O. The standard InChI is InChI=1S/C12H20N4O/c1-2-7-16-11(5-1)14-15-12(16)9-17-10-4-3-6-13-8-10/h10,13H,1-9H2. The van der Waals surface area contributed by atoms with Crippen LogP contribution in [0, 0.1) is 0 Å². The molecule has 0 spiro atoms. The molecule has 5 heteroatoms. The lowest BCUT2D eigenvalue weighted by Crippen LogP contribution is -2.35. The van der Waals surface area contributed by atoms with Crippen LogP contribution < -0.4 is 5.32 Å². The van der Waals surface area contributed by atoms with E-state index in [-0.39, 0.29) is 0 Å². The summed E-state index contributed by atoms with van der Waals surface area (Å²) < 4.78 is 8.14. The van der Waals surface area contributed by atoms with Crippen molar-refractivity contribution in [2.24, 2.45) is 0 Å². The van der Waals surface area contributed by atoms with Crippen molar-refractivity contribution in [2.75, 3.05) is 13.1 Å². The van der Waals surface area contributed by atoms with Gasteiger partial charge in [0, 0.05) is 19.5 Å². The molecule has 2 aliphatic heterocycles. The summed E-state index contributed by atoms with van der Waals surface area (Å²) in [5.41, 5.74) is 0. The van der Waals surface area contributed by atoms with Crippen molar-refractivity contribution < 1.29 is 4.74 Å². The molecule has 0 amide bonds. The lowest BCUT2D eigenvalue weighted by atomic mass is 10.1. The van der Waals surface area contributed by atoms with Gasteiger partial charge in [-0.2, -0.15) is 0 Å². The van der Waals surface area contributed by atoms with Crippen LogP contribution in [-0.2, 0) is 24.3 Å². The number of piperidine rings is 1. The minimum Gasteiger partial charge on any atom is -0.369 e. The van der Waals surface area contributed by atoms with E-state index >= 15 is 0 Å². The van der Waals surface area contributed by atoms with Gasteiger partial charge in [-0.1, -0.05) is 0 Å². The molecule has 0 aromatic carbocycles. The smallest absolute Gasteiger partial charge is 0.159 e. The van der Waals surface area contributed by atoms with Gasteiger partial charge < -0.3 is 14.6 Å². The first-order valence-corrected chi connectivity index (χ1v) is 6.67. The first-order chi connectivity index (χ1) is 8.43. The SMILES string of the molecule is C1CCn2c(nnc2COC2CCCNC2)C1. The number of nitrogens with one attached hydrogen (secondary N) is 1. The van der Waals surface area contributed by atoms with E-state index in [2.05, 4.69) is 20.1 Å². The maximum atomic E-state index is 5.91. The van der Waals surface area contributed by atoms with Crippen LogP contribution in [0.5, 0.6) is 0 Å². The number of nitrogens with zero attached hydrogens (tertiary/aromatic N) is 3. The Morgan fingerprint density at radius 3 is 3.18 bits per heavy atom. The van der Waals surface area contributed by atoms with Gasteiger partial charge in [0.15, 0.2) is 5.82 Å². The van der Waals surface area contributed by atoms with E-state index in [9.17, 15) is 0 Å². The third kappa shape index (κ3) is 2.50.